The summed E-state index contributed by atoms with van der Waals surface area (Å²) in [6, 6.07) is 24.9. The number of para-hydroxylation sites is 2. The summed E-state index contributed by atoms with van der Waals surface area (Å²) in [5, 5.41) is 2.93. The van der Waals surface area contributed by atoms with Gasteiger partial charge in [-0.15, -0.1) is 0 Å². The molecule has 0 aliphatic carbocycles. The summed E-state index contributed by atoms with van der Waals surface area (Å²) in [5.41, 5.74) is 2.53. The van der Waals surface area contributed by atoms with Gasteiger partial charge >= 0.3 is 0 Å². The second-order valence-corrected chi connectivity index (χ2v) is 6.35. The Balaban J connectivity index is 1.56. The van der Waals surface area contributed by atoms with Crippen LogP contribution in [0.5, 0.6) is 11.5 Å². The molecule has 0 aliphatic heterocycles. The number of hydrogen-bond donors (Lipinski definition) is 1. The van der Waals surface area contributed by atoms with Crippen molar-refractivity contribution in [2.45, 2.75) is 19.8 Å². The fourth-order valence-corrected chi connectivity index (χ4v) is 2.86. The van der Waals surface area contributed by atoms with Crippen molar-refractivity contribution in [3.8, 4) is 11.5 Å². The average Bonchev–Trinajstić information content (AvgIpc) is 2.74. The third kappa shape index (κ3) is 5.61. The van der Waals surface area contributed by atoms with Gasteiger partial charge in [0.15, 0.2) is 0 Å². The Morgan fingerprint density at radius 1 is 0.857 bits per heavy atom. The number of aryl methyl sites for hydroxylation is 1. The molecule has 3 aromatic rings. The fourth-order valence-electron chi connectivity index (χ4n) is 2.86. The van der Waals surface area contributed by atoms with Crippen LogP contribution in [0.4, 0.5) is 5.69 Å². The van der Waals surface area contributed by atoms with Gasteiger partial charge in [0.1, 0.15) is 11.5 Å². The van der Waals surface area contributed by atoms with Crippen molar-refractivity contribution in [3.63, 3.8) is 0 Å². The standard InChI is InChI=1S/C24H25NO3/c1-2-27-21-16-14-20(15-17-21)24(26)25-22-12-6-7-13-23(22)28-18-8-11-19-9-4-3-5-10-19/h3-7,9-10,12-17H,2,8,11,18H2,1H3,(H,25,26). The van der Waals surface area contributed by atoms with Gasteiger partial charge in [-0.2, -0.15) is 0 Å². The normalized spacial score (nSPS) is 10.3. The fraction of sp³-hybridized carbons (Fsp3) is 0.208. The summed E-state index contributed by atoms with van der Waals surface area (Å²) in [6.45, 7) is 3.11. The summed E-state index contributed by atoms with van der Waals surface area (Å²) in [7, 11) is 0. The van der Waals surface area contributed by atoms with Crippen molar-refractivity contribution in [1.29, 1.82) is 0 Å². The second kappa shape index (κ2) is 10.2. The zero-order chi connectivity index (χ0) is 19.6. The van der Waals surface area contributed by atoms with E-state index in [-0.39, 0.29) is 5.91 Å². The van der Waals surface area contributed by atoms with Gasteiger partial charge in [0.05, 0.1) is 18.9 Å². The number of carbonyl (C=O) groups excluding carboxylic acids is 1. The van der Waals surface area contributed by atoms with Gasteiger partial charge < -0.3 is 14.8 Å². The molecule has 0 atom stereocenters. The summed E-state index contributed by atoms with van der Waals surface area (Å²) < 4.78 is 11.3. The second-order valence-electron chi connectivity index (χ2n) is 6.35. The Morgan fingerprint density at radius 2 is 1.57 bits per heavy atom. The molecule has 3 aromatic carbocycles. The number of amides is 1. The maximum atomic E-state index is 12.5. The van der Waals surface area contributed by atoms with Gasteiger partial charge in [-0.3, -0.25) is 4.79 Å². The lowest BCUT2D eigenvalue weighted by atomic mass is 10.1. The highest BCUT2D eigenvalue weighted by Gasteiger charge is 2.10. The van der Waals surface area contributed by atoms with Crippen LogP contribution >= 0.6 is 0 Å². The van der Waals surface area contributed by atoms with Crippen molar-refractivity contribution in [3.05, 3.63) is 90.0 Å². The minimum atomic E-state index is -0.177. The Labute approximate surface area is 166 Å². The summed E-state index contributed by atoms with van der Waals surface area (Å²) in [4.78, 5) is 12.5. The minimum Gasteiger partial charge on any atom is -0.494 e. The largest absolute Gasteiger partial charge is 0.494 e. The molecule has 1 N–H and O–H groups in total. The molecule has 0 saturated heterocycles. The van der Waals surface area contributed by atoms with Crippen LogP contribution in [0.15, 0.2) is 78.9 Å². The molecule has 0 radical (unpaired) electrons. The van der Waals surface area contributed by atoms with Gasteiger partial charge in [0, 0.05) is 5.56 Å². The molecule has 144 valence electrons. The van der Waals surface area contributed by atoms with Gasteiger partial charge in [0.25, 0.3) is 5.91 Å². The predicted octanol–water partition coefficient (Wildman–Crippen LogP) is 5.35. The molecule has 0 bridgehead atoms. The van der Waals surface area contributed by atoms with E-state index in [1.807, 2.05) is 49.4 Å². The van der Waals surface area contributed by atoms with Crippen LogP contribution in [0.1, 0.15) is 29.3 Å². The molecule has 28 heavy (non-hydrogen) atoms. The number of nitrogens with one attached hydrogen (secondary N) is 1. The number of hydrogen-bond acceptors (Lipinski definition) is 3. The van der Waals surface area contributed by atoms with E-state index in [2.05, 4.69) is 17.4 Å². The first-order valence-corrected chi connectivity index (χ1v) is 9.56. The average molecular weight is 375 g/mol. The van der Waals surface area contributed by atoms with E-state index in [9.17, 15) is 4.79 Å². The highest BCUT2D eigenvalue weighted by molar-refractivity contribution is 6.05. The molecule has 3 rings (SSSR count). The molecule has 0 fully saturated rings. The molecule has 1 amide bonds. The monoisotopic (exact) mass is 375 g/mol. The van der Waals surface area contributed by atoms with E-state index >= 15 is 0 Å². The maximum absolute atomic E-state index is 12.5. The van der Waals surface area contributed by atoms with E-state index < -0.39 is 0 Å². The summed E-state index contributed by atoms with van der Waals surface area (Å²) >= 11 is 0. The van der Waals surface area contributed by atoms with E-state index in [0.29, 0.717) is 30.2 Å². The Hall–Kier alpha value is -3.27. The number of benzene rings is 3. The van der Waals surface area contributed by atoms with Crippen molar-refractivity contribution < 1.29 is 14.3 Å². The number of carbonyl (C=O) groups is 1. The lowest BCUT2D eigenvalue weighted by molar-refractivity contribution is 0.102. The third-order valence-electron chi connectivity index (χ3n) is 4.27. The topological polar surface area (TPSA) is 47.6 Å². The Bertz CT molecular complexity index is 876. The van der Waals surface area contributed by atoms with Crippen LogP contribution < -0.4 is 14.8 Å². The lowest BCUT2D eigenvalue weighted by Crippen LogP contribution is -2.13. The first-order chi connectivity index (χ1) is 13.8. The lowest BCUT2D eigenvalue weighted by Gasteiger charge is -2.13. The molecule has 0 aliphatic rings. The van der Waals surface area contributed by atoms with Crippen LogP contribution in [-0.4, -0.2) is 19.1 Å². The molecule has 4 heteroatoms. The number of rotatable bonds is 9. The van der Waals surface area contributed by atoms with Crippen LogP contribution in [0.3, 0.4) is 0 Å². The zero-order valence-electron chi connectivity index (χ0n) is 16.1. The van der Waals surface area contributed by atoms with Crippen LogP contribution in [0.25, 0.3) is 0 Å². The van der Waals surface area contributed by atoms with Gasteiger partial charge in [0.2, 0.25) is 0 Å². The first-order valence-electron chi connectivity index (χ1n) is 9.56. The van der Waals surface area contributed by atoms with Crippen molar-refractivity contribution >= 4 is 11.6 Å². The third-order valence-corrected chi connectivity index (χ3v) is 4.27. The molecular formula is C24H25NO3. The Morgan fingerprint density at radius 3 is 2.32 bits per heavy atom. The smallest absolute Gasteiger partial charge is 0.255 e. The molecule has 0 aromatic heterocycles. The van der Waals surface area contributed by atoms with Gasteiger partial charge in [-0.05, 0) is 61.7 Å². The summed E-state index contributed by atoms with van der Waals surface area (Å²) in [6.07, 6.45) is 1.87. The first kappa shape index (κ1) is 19.5. The molecule has 0 spiro atoms. The van der Waals surface area contributed by atoms with E-state index in [1.54, 1.807) is 24.3 Å². The van der Waals surface area contributed by atoms with Crippen molar-refractivity contribution in [2.75, 3.05) is 18.5 Å². The Kier molecular flexibility index (Phi) is 7.08. The highest BCUT2D eigenvalue weighted by atomic mass is 16.5. The number of anilines is 1. The van der Waals surface area contributed by atoms with E-state index in [1.165, 1.54) is 5.56 Å². The van der Waals surface area contributed by atoms with E-state index in [4.69, 9.17) is 9.47 Å². The highest BCUT2D eigenvalue weighted by Crippen LogP contribution is 2.25. The van der Waals surface area contributed by atoms with E-state index in [0.717, 1.165) is 18.6 Å². The van der Waals surface area contributed by atoms with Gasteiger partial charge in [-0.25, -0.2) is 0 Å². The molecule has 0 heterocycles. The van der Waals surface area contributed by atoms with Crippen molar-refractivity contribution in [2.24, 2.45) is 0 Å². The SMILES string of the molecule is CCOc1ccc(C(=O)Nc2ccccc2OCCCc2ccccc2)cc1. The molecule has 0 saturated carbocycles. The zero-order valence-corrected chi connectivity index (χ0v) is 16.1. The maximum Gasteiger partial charge on any atom is 0.255 e. The van der Waals surface area contributed by atoms with Gasteiger partial charge in [-0.1, -0.05) is 42.5 Å². The minimum absolute atomic E-state index is 0.177. The van der Waals surface area contributed by atoms with Crippen molar-refractivity contribution in [1.82, 2.24) is 0 Å². The van der Waals surface area contributed by atoms with Crippen LogP contribution in [-0.2, 0) is 6.42 Å². The predicted molar refractivity (Wildman–Crippen MR) is 112 cm³/mol. The molecular weight excluding hydrogens is 350 g/mol. The quantitative estimate of drug-likeness (QED) is 0.513. The van der Waals surface area contributed by atoms with Crippen LogP contribution in [0.2, 0.25) is 0 Å². The summed E-state index contributed by atoms with van der Waals surface area (Å²) in [5.74, 6) is 1.25. The van der Waals surface area contributed by atoms with Crippen LogP contribution in [0, 0.1) is 0 Å². The number of ether oxygens (including phenoxy) is 2. The molecule has 0 unspecified atom stereocenters. The molecule has 4 nitrogen and oxygen atoms in total.